The lowest BCUT2D eigenvalue weighted by molar-refractivity contribution is -0.139. The van der Waals surface area contributed by atoms with Gasteiger partial charge in [-0.25, -0.2) is 4.79 Å². The molecule has 5 nitrogen and oxygen atoms in total. The number of hydrogen-bond acceptors (Lipinski definition) is 4. The standard InChI is InChI=1S/C15H9Cl3O5/c16-9-5-7(1-3-10(9)19)15(22)8-2-4-11(14(18)13(8)17)23-6-12(20)21/h1-5,19H,6H2,(H,20,21). The molecule has 2 rings (SSSR count). The SMILES string of the molecule is O=C(O)COc1ccc(C(=O)c2ccc(O)c(Cl)c2)c(Cl)c1Cl. The molecule has 2 aromatic rings. The normalized spacial score (nSPS) is 10.4. The number of aliphatic carboxylic acids is 1. The first kappa shape index (κ1) is 17.4. The monoisotopic (exact) mass is 374 g/mol. The van der Waals surface area contributed by atoms with Crippen molar-refractivity contribution in [1.29, 1.82) is 0 Å². The summed E-state index contributed by atoms with van der Waals surface area (Å²) in [6.07, 6.45) is 0. The highest BCUT2D eigenvalue weighted by Crippen LogP contribution is 2.36. The smallest absolute Gasteiger partial charge is 0.341 e. The lowest BCUT2D eigenvalue weighted by Gasteiger charge is -2.10. The third kappa shape index (κ3) is 3.88. The van der Waals surface area contributed by atoms with E-state index in [1.807, 2.05) is 0 Å². The van der Waals surface area contributed by atoms with Crippen molar-refractivity contribution in [3.8, 4) is 11.5 Å². The largest absolute Gasteiger partial charge is 0.506 e. The first-order valence-corrected chi connectivity index (χ1v) is 7.30. The highest BCUT2D eigenvalue weighted by molar-refractivity contribution is 6.45. The predicted octanol–water partition coefficient (Wildman–Crippen LogP) is 4.05. The Morgan fingerprint density at radius 3 is 2.35 bits per heavy atom. The van der Waals surface area contributed by atoms with Gasteiger partial charge in [0, 0.05) is 11.1 Å². The Balaban J connectivity index is 2.36. The Hall–Kier alpha value is -1.95. The lowest BCUT2D eigenvalue weighted by atomic mass is 10.0. The summed E-state index contributed by atoms with van der Waals surface area (Å²) in [5.41, 5.74) is 0.311. The van der Waals surface area contributed by atoms with Gasteiger partial charge in [-0.05, 0) is 30.3 Å². The molecule has 2 aromatic carbocycles. The van der Waals surface area contributed by atoms with Crippen LogP contribution in [0.3, 0.4) is 0 Å². The second-order valence-corrected chi connectivity index (χ2v) is 5.58. The van der Waals surface area contributed by atoms with Crippen LogP contribution in [0.1, 0.15) is 15.9 Å². The summed E-state index contributed by atoms with van der Waals surface area (Å²) in [6.45, 7) is -0.586. The van der Waals surface area contributed by atoms with Gasteiger partial charge in [-0.1, -0.05) is 34.8 Å². The highest BCUT2D eigenvalue weighted by Gasteiger charge is 2.19. The van der Waals surface area contributed by atoms with Crippen LogP contribution >= 0.6 is 34.8 Å². The van der Waals surface area contributed by atoms with Crippen molar-refractivity contribution in [2.24, 2.45) is 0 Å². The molecule has 8 heteroatoms. The molecule has 2 N–H and O–H groups in total. The van der Waals surface area contributed by atoms with Gasteiger partial charge in [0.05, 0.1) is 10.0 Å². The van der Waals surface area contributed by atoms with Gasteiger partial charge in [0.1, 0.15) is 16.5 Å². The summed E-state index contributed by atoms with van der Waals surface area (Å²) in [4.78, 5) is 22.9. The third-order valence-electron chi connectivity index (χ3n) is 2.85. The van der Waals surface area contributed by atoms with Gasteiger partial charge >= 0.3 is 5.97 Å². The number of carboxylic acid groups (broad SMARTS) is 1. The van der Waals surface area contributed by atoms with Gasteiger partial charge in [0.15, 0.2) is 12.4 Å². The van der Waals surface area contributed by atoms with Crippen molar-refractivity contribution in [3.63, 3.8) is 0 Å². The quantitative estimate of drug-likeness (QED) is 0.770. The van der Waals surface area contributed by atoms with Crippen molar-refractivity contribution in [2.75, 3.05) is 6.61 Å². The summed E-state index contributed by atoms with van der Waals surface area (Å²) in [7, 11) is 0. The van der Waals surface area contributed by atoms with Crippen molar-refractivity contribution in [1.82, 2.24) is 0 Å². The molecule has 0 spiro atoms. The van der Waals surface area contributed by atoms with Gasteiger partial charge in [-0.3, -0.25) is 4.79 Å². The van der Waals surface area contributed by atoms with Crippen molar-refractivity contribution >= 4 is 46.6 Å². The molecule has 0 unspecified atom stereocenters. The van der Waals surface area contributed by atoms with Crippen LogP contribution in [0.25, 0.3) is 0 Å². The van der Waals surface area contributed by atoms with Crippen molar-refractivity contribution in [2.45, 2.75) is 0 Å². The summed E-state index contributed by atoms with van der Waals surface area (Å²) >= 11 is 17.8. The van der Waals surface area contributed by atoms with Crippen LogP contribution in [-0.4, -0.2) is 28.6 Å². The molecule has 23 heavy (non-hydrogen) atoms. The maximum atomic E-state index is 12.4. The molecular weight excluding hydrogens is 367 g/mol. The van der Waals surface area contributed by atoms with Gasteiger partial charge < -0.3 is 14.9 Å². The molecule has 0 saturated carbocycles. The second-order valence-electron chi connectivity index (χ2n) is 4.42. The minimum absolute atomic E-state index is 0.0273. The molecule has 0 aliphatic rings. The van der Waals surface area contributed by atoms with E-state index in [2.05, 4.69) is 0 Å². The first-order chi connectivity index (χ1) is 10.8. The third-order valence-corrected chi connectivity index (χ3v) is 4.02. The van der Waals surface area contributed by atoms with Gasteiger partial charge in [-0.2, -0.15) is 0 Å². The number of carbonyl (C=O) groups is 2. The molecule has 120 valence electrons. The van der Waals surface area contributed by atoms with E-state index in [1.165, 1.54) is 30.3 Å². The van der Waals surface area contributed by atoms with Gasteiger partial charge in [0.2, 0.25) is 0 Å². The molecule has 0 amide bonds. The molecule has 0 radical (unpaired) electrons. The van der Waals surface area contributed by atoms with Crippen LogP contribution in [0.15, 0.2) is 30.3 Å². The minimum Gasteiger partial charge on any atom is -0.506 e. The maximum Gasteiger partial charge on any atom is 0.341 e. The topological polar surface area (TPSA) is 83.8 Å². The van der Waals surface area contributed by atoms with Gasteiger partial charge in [0.25, 0.3) is 0 Å². The summed E-state index contributed by atoms with van der Waals surface area (Å²) in [5, 5.41) is 17.9. The fraction of sp³-hybridized carbons (Fsp3) is 0.0667. The number of ether oxygens (including phenoxy) is 1. The number of phenolic OH excluding ortho intramolecular Hbond substituents is 1. The zero-order chi connectivity index (χ0) is 17.1. The Morgan fingerprint density at radius 2 is 1.74 bits per heavy atom. The van der Waals surface area contributed by atoms with E-state index < -0.39 is 18.4 Å². The number of halogens is 3. The molecule has 0 bridgehead atoms. The molecule has 0 atom stereocenters. The molecule has 0 aliphatic carbocycles. The minimum atomic E-state index is -1.17. The molecule has 0 saturated heterocycles. The van der Waals surface area contributed by atoms with Crippen LogP contribution in [0.5, 0.6) is 11.5 Å². The Bertz CT molecular complexity index is 789. The number of rotatable bonds is 5. The number of phenols is 1. The van der Waals surface area contributed by atoms with E-state index in [1.54, 1.807) is 0 Å². The van der Waals surface area contributed by atoms with E-state index in [4.69, 9.17) is 44.6 Å². The average molecular weight is 376 g/mol. The number of carboxylic acids is 1. The Labute approximate surface area is 146 Å². The van der Waals surface area contributed by atoms with E-state index >= 15 is 0 Å². The summed E-state index contributed by atoms with van der Waals surface area (Å²) < 4.78 is 4.97. The second kappa shape index (κ2) is 7.08. The summed E-state index contributed by atoms with van der Waals surface area (Å²) in [5.74, 6) is -1.72. The molecular formula is C15H9Cl3O5. The molecule has 0 heterocycles. The number of hydrogen-bond donors (Lipinski definition) is 2. The summed E-state index contributed by atoms with van der Waals surface area (Å²) in [6, 6.07) is 6.71. The average Bonchev–Trinajstić information content (AvgIpc) is 2.50. The van der Waals surface area contributed by atoms with Gasteiger partial charge in [-0.15, -0.1) is 0 Å². The van der Waals surface area contributed by atoms with E-state index in [0.29, 0.717) is 0 Å². The van der Waals surface area contributed by atoms with Crippen LogP contribution in [0.4, 0.5) is 0 Å². The van der Waals surface area contributed by atoms with Crippen LogP contribution in [0.2, 0.25) is 15.1 Å². The molecule has 0 aliphatic heterocycles. The van der Waals surface area contributed by atoms with Crippen molar-refractivity contribution in [3.05, 3.63) is 56.5 Å². The zero-order valence-electron chi connectivity index (χ0n) is 11.3. The number of aromatic hydroxyl groups is 1. The van der Waals surface area contributed by atoms with E-state index in [0.717, 1.165) is 0 Å². The number of carbonyl (C=O) groups excluding carboxylic acids is 1. The van der Waals surface area contributed by atoms with Crippen LogP contribution < -0.4 is 4.74 Å². The number of benzene rings is 2. The van der Waals surface area contributed by atoms with Crippen molar-refractivity contribution < 1.29 is 24.5 Å². The van der Waals surface area contributed by atoms with E-state index in [9.17, 15) is 14.7 Å². The predicted molar refractivity (Wildman–Crippen MR) is 86.1 cm³/mol. The molecule has 0 aromatic heterocycles. The highest BCUT2D eigenvalue weighted by atomic mass is 35.5. The zero-order valence-corrected chi connectivity index (χ0v) is 13.6. The fourth-order valence-corrected chi connectivity index (χ4v) is 2.40. The van der Waals surface area contributed by atoms with Crippen LogP contribution in [-0.2, 0) is 4.79 Å². The Morgan fingerprint density at radius 1 is 1.04 bits per heavy atom. The van der Waals surface area contributed by atoms with Crippen LogP contribution in [0, 0.1) is 0 Å². The number of ketones is 1. The molecule has 0 fully saturated rings. The Kier molecular flexibility index (Phi) is 5.36. The lowest BCUT2D eigenvalue weighted by Crippen LogP contribution is -2.10. The van der Waals surface area contributed by atoms with E-state index in [-0.39, 0.29) is 37.7 Å². The fourth-order valence-electron chi connectivity index (χ4n) is 1.76. The first-order valence-electron chi connectivity index (χ1n) is 6.17. The maximum absolute atomic E-state index is 12.4.